The number of nitrogens with one attached hydrogen (secondary N) is 1. The van der Waals surface area contributed by atoms with Crippen LogP contribution in [-0.4, -0.2) is 13.0 Å². The molecule has 3 aromatic rings. The number of methoxy groups -OCH3 is 1. The Morgan fingerprint density at radius 2 is 1.88 bits per heavy atom. The zero-order chi connectivity index (χ0) is 17.5. The van der Waals surface area contributed by atoms with Crippen LogP contribution in [0, 0.1) is 0 Å². The summed E-state index contributed by atoms with van der Waals surface area (Å²) < 4.78 is 16.3. The Morgan fingerprint density at radius 1 is 1.04 bits per heavy atom. The molecular formula is C20H19NO4. The van der Waals surface area contributed by atoms with E-state index in [1.165, 1.54) is 0 Å². The molecule has 0 aliphatic rings. The normalized spacial score (nSPS) is 10.3. The van der Waals surface area contributed by atoms with Gasteiger partial charge in [0.2, 0.25) is 0 Å². The van der Waals surface area contributed by atoms with Crippen LogP contribution >= 0.6 is 0 Å². The summed E-state index contributed by atoms with van der Waals surface area (Å²) in [5.41, 5.74) is 1.56. The number of hydrogen-bond donors (Lipinski definition) is 1. The van der Waals surface area contributed by atoms with Crippen LogP contribution in [0.3, 0.4) is 0 Å². The highest BCUT2D eigenvalue weighted by Crippen LogP contribution is 2.28. The van der Waals surface area contributed by atoms with Gasteiger partial charge in [0.1, 0.15) is 12.4 Å². The minimum absolute atomic E-state index is 0.204. The molecule has 0 fully saturated rings. The van der Waals surface area contributed by atoms with Crippen molar-refractivity contribution in [1.29, 1.82) is 0 Å². The number of carbonyl (C=O) groups is 1. The van der Waals surface area contributed by atoms with Gasteiger partial charge in [0.05, 0.1) is 19.9 Å². The van der Waals surface area contributed by atoms with Crippen molar-refractivity contribution in [2.75, 3.05) is 7.11 Å². The Hall–Kier alpha value is -3.21. The third-order valence-corrected chi connectivity index (χ3v) is 3.67. The van der Waals surface area contributed by atoms with Crippen molar-refractivity contribution < 1.29 is 18.7 Å². The molecule has 0 spiro atoms. The van der Waals surface area contributed by atoms with Crippen LogP contribution < -0.4 is 14.8 Å². The molecular weight excluding hydrogens is 318 g/mol. The second-order valence-corrected chi connectivity index (χ2v) is 5.40. The first-order valence-corrected chi connectivity index (χ1v) is 7.91. The van der Waals surface area contributed by atoms with E-state index in [2.05, 4.69) is 5.32 Å². The smallest absolute Gasteiger partial charge is 0.251 e. The average molecular weight is 337 g/mol. The molecule has 25 heavy (non-hydrogen) atoms. The molecule has 5 heteroatoms. The lowest BCUT2D eigenvalue weighted by Gasteiger charge is -2.12. The highest BCUT2D eigenvalue weighted by molar-refractivity contribution is 5.94. The molecule has 0 saturated carbocycles. The maximum Gasteiger partial charge on any atom is 0.251 e. The monoisotopic (exact) mass is 337 g/mol. The molecule has 1 amide bonds. The van der Waals surface area contributed by atoms with Crippen LogP contribution in [-0.2, 0) is 13.2 Å². The fourth-order valence-corrected chi connectivity index (χ4v) is 2.35. The first-order chi connectivity index (χ1) is 12.3. The summed E-state index contributed by atoms with van der Waals surface area (Å²) in [6, 6.07) is 18.6. The quantitative estimate of drug-likeness (QED) is 0.712. The minimum Gasteiger partial charge on any atom is -0.493 e. The fourth-order valence-electron chi connectivity index (χ4n) is 2.35. The number of benzene rings is 2. The number of ether oxygens (including phenoxy) is 2. The van der Waals surface area contributed by atoms with E-state index >= 15 is 0 Å². The molecule has 0 bridgehead atoms. The molecule has 1 aromatic heterocycles. The van der Waals surface area contributed by atoms with E-state index in [0.29, 0.717) is 36.0 Å². The van der Waals surface area contributed by atoms with Gasteiger partial charge in [0, 0.05) is 5.56 Å². The van der Waals surface area contributed by atoms with Crippen molar-refractivity contribution in [2.24, 2.45) is 0 Å². The average Bonchev–Trinajstić information content (AvgIpc) is 3.18. The van der Waals surface area contributed by atoms with E-state index in [0.717, 1.165) is 5.56 Å². The lowest BCUT2D eigenvalue weighted by atomic mass is 10.2. The predicted molar refractivity (Wildman–Crippen MR) is 93.6 cm³/mol. The summed E-state index contributed by atoms with van der Waals surface area (Å²) in [4.78, 5) is 12.2. The first-order valence-electron chi connectivity index (χ1n) is 7.91. The fraction of sp³-hybridized carbons (Fsp3) is 0.150. The molecule has 1 N–H and O–H groups in total. The molecule has 128 valence electrons. The number of amides is 1. The van der Waals surface area contributed by atoms with Gasteiger partial charge in [-0.1, -0.05) is 30.3 Å². The van der Waals surface area contributed by atoms with Crippen LogP contribution in [0.4, 0.5) is 0 Å². The van der Waals surface area contributed by atoms with Gasteiger partial charge in [-0.05, 0) is 35.9 Å². The maximum absolute atomic E-state index is 12.2. The summed E-state index contributed by atoms with van der Waals surface area (Å²) in [5, 5.41) is 2.80. The molecule has 3 rings (SSSR count). The Labute approximate surface area is 146 Å². The zero-order valence-electron chi connectivity index (χ0n) is 13.9. The van der Waals surface area contributed by atoms with Crippen LogP contribution in [0.2, 0.25) is 0 Å². The maximum atomic E-state index is 12.2. The van der Waals surface area contributed by atoms with E-state index < -0.39 is 0 Å². The van der Waals surface area contributed by atoms with Gasteiger partial charge in [-0.25, -0.2) is 0 Å². The van der Waals surface area contributed by atoms with Crippen molar-refractivity contribution >= 4 is 5.91 Å². The number of hydrogen-bond acceptors (Lipinski definition) is 4. The molecule has 0 aliphatic carbocycles. The third kappa shape index (κ3) is 4.41. The second kappa shape index (κ2) is 8.06. The molecule has 5 nitrogen and oxygen atoms in total. The largest absolute Gasteiger partial charge is 0.493 e. The van der Waals surface area contributed by atoms with Gasteiger partial charge in [-0.15, -0.1) is 0 Å². The molecule has 0 unspecified atom stereocenters. The molecule has 2 aromatic carbocycles. The Morgan fingerprint density at radius 3 is 2.60 bits per heavy atom. The zero-order valence-corrected chi connectivity index (χ0v) is 13.9. The lowest BCUT2D eigenvalue weighted by Crippen LogP contribution is -2.22. The molecule has 0 radical (unpaired) electrons. The van der Waals surface area contributed by atoms with Gasteiger partial charge >= 0.3 is 0 Å². The predicted octanol–water partition coefficient (Wildman–Crippen LogP) is 3.80. The van der Waals surface area contributed by atoms with Gasteiger partial charge in [-0.3, -0.25) is 4.79 Å². The SMILES string of the molecule is COc1cc(C(=O)NCc2ccco2)ccc1OCc1ccccc1. The minimum atomic E-state index is -0.204. The summed E-state index contributed by atoms with van der Waals surface area (Å²) in [6.45, 7) is 0.766. The van der Waals surface area contributed by atoms with Crippen LogP contribution in [0.25, 0.3) is 0 Å². The van der Waals surface area contributed by atoms with E-state index in [9.17, 15) is 4.79 Å². The summed E-state index contributed by atoms with van der Waals surface area (Å²) >= 11 is 0. The highest BCUT2D eigenvalue weighted by Gasteiger charge is 2.11. The lowest BCUT2D eigenvalue weighted by molar-refractivity contribution is 0.0947. The molecule has 1 heterocycles. The molecule has 0 atom stereocenters. The first kappa shape index (κ1) is 16.6. The van der Waals surface area contributed by atoms with Crippen molar-refractivity contribution in [3.8, 4) is 11.5 Å². The standard InChI is InChI=1S/C20H19NO4/c1-23-19-12-16(20(22)21-13-17-8-5-11-24-17)9-10-18(19)25-14-15-6-3-2-4-7-15/h2-12H,13-14H2,1H3,(H,21,22). The third-order valence-electron chi connectivity index (χ3n) is 3.67. The van der Waals surface area contributed by atoms with Gasteiger partial charge < -0.3 is 19.2 Å². The number of furan rings is 1. The number of carbonyl (C=O) groups excluding carboxylic acids is 1. The summed E-state index contributed by atoms with van der Waals surface area (Å²) in [7, 11) is 1.55. The summed E-state index contributed by atoms with van der Waals surface area (Å²) in [5.74, 6) is 1.60. The number of rotatable bonds is 7. The van der Waals surface area contributed by atoms with Crippen molar-refractivity contribution in [3.63, 3.8) is 0 Å². The van der Waals surface area contributed by atoms with Crippen LogP contribution in [0.15, 0.2) is 71.3 Å². The Bertz CT molecular complexity index is 813. The van der Waals surface area contributed by atoms with Crippen molar-refractivity contribution in [2.45, 2.75) is 13.2 Å². The van der Waals surface area contributed by atoms with E-state index in [4.69, 9.17) is 13.9 Å². The Balaban J connectivity index is 1.65. The van der Waals surface area contributed by atoms with Crippen molar-refractivity contribution in [1.82, 2.24) is 5.32 Å². The van der Waals surface area contributed by atoms with E-state index in [-0.39, 0.29) is 5.91 Å². The van der Waals surface area contributed by atoms with Crippen LogP contribution in [0.1, 0.15) is 21.7 Å². The van der Waals surface area contributed by atoms with Crippen molar-refractivity contribution in [3.05, 3.63) is 83.8 Å². The second-order valence-electron chi connectivity index (χ2n) is 5.40. The van der Waals surface area contributed by atoms with Gasteiger partial charge in [0.15, 0.2) is 11.5 Å². The van der Waals surface area contributed by atoms with E-state index in [1.54, 1.807) is 43.7 Å². The van der Waals surface area contributed by atoms with Crippen LogP contribution in [0.5, 0.6) is 11.5 Å². The molecule has 0 saturated heterocycles. The molecule has 0 aliphatic heterocycles. The van der Waals surface area contributed by atoms with E-state index in [1.807, 2.05) is 30.3 Å². The Kier molecular flexibility index (Phi) is 5.36. The van der Waals surface area contributed by atoms with Gasteiger partial charge in [-0.2, -0.15) is 0 Å². The summed E-state index contributed by atoms with van der Waals surface area (Å²) in [6.07, 6.45) is 1.57. The topological polar surface area (TPSA) is 60.7 Å². The van der Waals surface area contributed by atoms with Gasteiger partial charge in [0.25, 0.3) is 5.91 Å². The highest BCUT2D eigenvalue weighted by atomic mass is 16.5.